The Bertz CT molecular complexity index is 945. The molecule has 0 unspecified atom stereocenters. The molecular weight excluding hydrogens is 388 g/mol. The topological polar surface area (TPSA) is 73.6 Å². The normalized spacial score (nSPS) is 10.5. The van der Waals surface area contributed by atoms with E-state index in [-0.39, 0.29) is 11.7 Å². The van der Waals surface area contributed by atoms with Gasteiger partial charge in [-0.15, -0.1) is 0 Å². The number of thioether (sulfide) groups is 1. The number of ether oxygens (including phenoxy) is 2. The van der Waals surface area contributed by atoms with Crippen LogP contribution in [-0.2, 0) is 4.79 Å². The third-order valence-electron chi connectivity index (χ3n) is 3.59. The van der Waals surface area contributed by atoms with Crippen LogP contribution in [0.1, 0.15) is 0 Å². The van der Waals surface area contributed by atoms with E-state index in [1.54, 1.807) is 50.7 Å². The van der Waals surface area contributed by atoms with Crippen molar-refractivity contribution in [3.05, 3.63) is 53.7 Å². The summed E-state index contributed by atoms with van der Waals surface area (Å²) in [5, 5.41) is 3.83. The zero-order valence-electron chi connectivity index (χ0n) is 14.7. The molecule has 2 aromatic carbocycles. The van der Waals surface area contributed by atoms with Gasteiger partial charge in [0.05, 0.1) is 26.2 Å². The van der Waals surface area contributed by atoms with Crippen molar-refractivity contribution in [2.24, 2.45) is 0 Å². The number of carbonyl (C=O) groups excluding carboxylic acids is 1. The van der Waals surface area contributed by atoms with E-state index in [1.807, 2.05) is 12.1 Å². The molecule has 1 heterocycles. The minimum absolute atomic E-state index is 0.157. The second-order valence-electron chi connectivity index (χ2n) is 5.41. The number of halogens is 1. The zero-order chi connectivity index (χ0) is 19.2. The number of hydrogen-bond donors (Lipinski definition) is 1. The number of anilines is 1. The Morgan fingerprint density at radius 3 is 2.74 bits per heavy atom. The van der Waals surface area contributed by atoms with Crippen LogP contribution in [0.5, 0.6) is 11.5 Å². The van der Waals surface area contributed by atoms with Crippen LogP contribution < -0.4 is 14.8 Å². The van der Waals surface area contributed by atoms with Crippen LogP contribution in [0.2, 0.25) is 5.02 Å². The SMILES string of the molecule is COc1ccc(NC(=O)CSc2ncc(-c3cccc(Cl)c3)o2)cc1OC. The van der Waals surface area contributed by atoms with E-state index in [0.717, 1.165) is 5.56 Å². The molecule has 0 spiro atoms. The lowest BCUT2D eigenvalue weighted by Gasteiger charge is -2.10. The molecule has 0 aliphatic carbocycles. The molecule has 140 valence electrons. The highest BCUT2D eigenvalue weighted by Crippen LogP contribution is 2.30. The van der Waals surface area contributed by atoms with E-state index in [0.29, 0.717) is 33.2 Å². The summed E-state index contributed by atoms with van der Waals surface area (Å²) in [6.07, 6.45) is 1.61. The first-order chi connectivity index (χ1) is 13.1. The predicted octanol–water partition coefficient (Wildman–Crippen LogP) is 4.74. The molecule has 1 amide bonds. The lowest BCUT2D eigenvalue weighted by molar-refractivity contribution is -0.113. The molecule has 0 saturated heterocycles. The molecule has 3 rings (SSSR count). The average Bonchev–Trinajstić information content (AvgIpc) is 3.15. The number of rotatable bonds is 7. The first-order valence-corrected chi connectivity index (χ1v) is 9.32. The van der Waals surface area contributed by atoms with Gasteiger partial charge in [0, 0.05) is 22.3 Å². The highest BCUT2D eigenvalue weighted by Gasteiger charge is 2.11. The Morgan fingerprint density at radius 1 is 1.19 bits per heavy atom. The number of nitrogens with zero attached hydrogens (tertiary/aromatic N) is 1. The molecule has 0 fully saturated rings. The molecule has 0 saturated carbocycles. The number of benzene rings is 2. The zero-order valence-corrected chi connectivity index (χ0v) is 16.3. The van der Waals surface area contributed by atoms with Gasteiger partial charge in [-0.25, -0.2) is 4.98 Å². The van der Waals surface area contributed by atoms with Crippen molar-refractivity contribution in [2.45, 2.75) is 5.22 Å². The average molecular weight is 405 g/mol. The predicted molar refractivity (Wildman–Crippen MR) is 106 cm³/mol. The number of hydrogen-bond acceptors (Lipinski definition) is 6. The Morgan fingerprint density at radius 2 is 2.00 bits per heavy atom. The van der Waals surface area contributed by atoms with Crippen LogP contribution in [-0.4, -0.2) is 30.9 Å². The molecular formula is C19H17ClN2O4S. The fourth-order valence-electron chi connectivity index (χ4n) is 2.34. The third-order valence-corrected chi connectivity index (χ3v) is 4.66. The van der Waals surface area contributed by atoms with Crippen LogP contribution in [0.25, 0.3) is 11.3 Å². The number of amides is 1. The maximum absolute atomic E-state index is 12.2. The molecule has 0 aliphatic rings. The Kier molecular flexibility index (Phi) is 6.26. The molecule has 3 aromatic rings. The van der Waals surface area contributed by atoms with Crippen LogP contribution >= 0.6 is 23.4 Å². The number of nitrogens with one attached hydrogen (secondary N) is 1. The highest BCUT2D eigenvalue weighted by atomic mass is 35.5. The number of oxazole rings is 1. The Hall–Kier alpha value is -2.64. The first kappa shape index (κ1) is 19.1. The van der Waals surface area contributed by atoms with E-state index in [2.05, 4.69) is 10.3 Å². The summed E-state index contributed by atoms with van der Waals surface area (Å²) in [6, 6.07) is 12.5. The van der Waals surface area contributed by atoms with Gasteiger partial charge >= 0.3 is 0 Å². The summed E-state index contributed by atoms with van der Waals surface area (Å²) >= 11 is 7.19. The quantitative estimate of drug-likeness (QED) is 0.573. The van der Waals surface area contributed by atoms with Crippen molar-refractivity contribution in [3.63, 3.8) is 0 Å². The first-order valence-electron chi connectivity index (χ1n) is 7.95. The minimum Gasteiger partial charge on any atom is -0.493 e. The Labute approximate surface area is 165 Å². The minimum atomic E-state index is -0.185. The van der Waals surface area contributed by atoms with Crippen molar-refractivity contribution in [3.8, 4) is 22.8 Å². The van der Waals surface area contributed by atoms with Gasteiger partial charge in [-0.2, -0.15) is 0 Å². The number of methoxy groups -OCH3 is 2. The van der Waals surface area contributed by atoms with Crippen molar-refractivity contribution < 1.29 is 18.7 Å². The molecule has 8 heteroatoms. The van der Waals surface area contributed by atoms with E-state index in [9.17, 15) is 4.79 Å². The molecule has 27 heavy (non-hydrogen) atoms. The monoisotopic (exact) mass is 404 g/mol. The molecule has 1 aromatic heterocycles. The van der Waals surface area contributed by atoms with Crippen molar-refractivity contribution >= 4 is 35.0 Å². The van der Waals surface area contributed by atoms with Gasteiger partial charge in [0.25, 0.3) is 5.22 Å². The van der Waals surface area contributed by atoms with Gasteiger partial charge in [0.1, 0.15) is 0 Å². The van der Waals surface area contributed by atoms with Crippen LogP contribution in [0.15, 0.2) is 58.3 Å². The summed E-state index contributed by atoms with van der Waals surface area (Å²) in [4.78, 5) is 16.4. The summed E-state index contributed by atoms with van der Waals surface area (Å²) in [6.45, 7) is 0. The van der Waals surface area contributed by atoms with Crippen molar-refractivity contribution in [1.82, 2.24) is 4.98 Å². The Balaban J connectivity index is 1.58. The number of aromatic nitrogens is 1. The summed E-state index contributed by atoms with van der Waals surface area (Å²) in [7, 11) is 3.10. The fourth-order valence-corrected chi connectivity index (χ4v) is 3.13. The molecule has 6 nitrogen and oxygen atoms in total. The molecule has 0 bridgehead atoms. The van der Waals surface area contributed by atoms with Crippen LogP contribution in [0, 0.1) is 0 Å². The molecule has 0 atom stereocenters. The summed E-state index contributed by atoms with van der Waals surface area (Å²) in [5.74, 6) is 1.71. The van der Waals surface area contributed by atoms with E-state index in [1.165, 1.54) is 11.8 Å². The van der Waals surface area contributed by atoms with Crippen LogP contribution in [0.3, 0.4) is 0 Å². The maximum atomic E-state index is 12.2. The largest absolute Gasteiger partial charge is 0.493 e. The van der Waals surface area contributed by atoms with E-state index >= 15 is 0 Å². The second-order valence-corrected chi connectivity index (χ2v) is 6.77. The molecule has 1 N–H and O–H groups in total. The van der Waals surface area contributed by atoms with Gasteiger partial charge < -0.3 is 19.2 Å². The van der Waals surface area contributed by atoms with Crippen LogP contribution in [0.4, 0.5) is 5.69 Å². The van der Waals surface area contributed by atoms with Gasteiger partial charge in [-0.05, 0) is 24.3 Å². The lowest BCUT2D eigenvalue weighted by atomic mass is 10.2. The molecule has 0 aliphatic heterocycles. The van der Waals surface area contributed by atoms with Gasteiger partial charge in [0.15, 0.2) is 17.3 Å². The fraction of sp³-hybridized carbons (Fsp3) is 0.158. The second kappa shape index (κ2) is 8.83. The highest BCUT2D eigenvalue weighted by molar-refractivity contribution is 7.99. The maximum Gasteiger partial charge on any atom is 0.256 e. The van der Waals surface area contributed by atoms with Gasteiger partial charge in [-0.3, -0.25) is 4.79 Å². The van der Waals surface area contributed by atoms with Crippen molar-refractivity contribution in [2.75, 3.05) is 25.3 Å². The van der Waals surface area contributed by atoms with Gasteiger partial charge in [-0.1, -0.05) is 35.5 Å². The summed E-state index contributed by atoms with van der Waals surface area (Å²) in [5.41, 5.74) is 1.45. The number of carbonyl (C=O) groups is 1. The van der Waals surface area contributed by atoms with Gasteiger partial charge in [0.2, 0.25) is 5.91 Å². The van der Waals surface area contributed by atoms with E-state index in [4.69, 9.17) is 25.5 Å². The smallest absolute Gasteiger partial charge is 0.256 e. The standard InChI is InChI=1S/C19H17ClN2O4S/c1-24-15-7-6-14(9-16(15)25-2)22-18(23)11-27-19-21-10-17(26-19)12-4-3-5-13(20)8-12/h3-10H,11H2,1-2H3,(H,22,23). The lowest BCUT2D eigenvalue weighted by Crippen LogP contribution is -2.14. The van der Waals surface area contributed by atoms with E-state index < -0.39 is 0 Å². The summed E-state index contributed by atoms with van der Waals surface area (Å²) < 4.78 is 16.1. The molecule has 0 radical (unpaired) electrons. The third kappa shape index (κ3) is 4.96. The van der Waals surface area contributed by atoms with Crippen molar-refractivity contribution in [1.29, 1.82) is 0 Å².